The molecule has 0 spiro atoms. The third-order valence-corrected chi connectivity index (χ3v) is 13.5. The number of phosphoric ester groups is 1. The van der Waals surface area contributed by atoms with E-state index >= 15 is 0 Å². The largest absolute Gasteiger partial charge is 0.756 e. The van der Waals surface area contributed by atoms with E-state index in [1.807, 2.05) is 21.1 Å². The van der Waals surface area contributed by atoms with Crippen molar-refractivity contribution in [1.82, 2.24) is 0 Å². The summed E-state index contributed by atoms with van der Waals surface area (Å²) < 4.78 is 34.2. The van der Waals surface area contributed by atoms with Crippen molar-refractivity contribution in [3.05, 3.63) is 60.8 Å². The van der Waals surface area contributed by atoms with Gasteiger partial charge in [0.25, 0.3) is 7.82 Å². The van der Waals surface area contributed by atoms with Gasteiger partial charge in [0.05, 0.1) is 27.7 Å². The van der Waals surface area contributed by atoms with Gasteiger partial charge in [-0.25, -0.2) is 0 Å². The van der Waals surface area contributed by atoms with E-state index in [9.17, 15) is 19.0 Å². The number of carbonyl (C=O) groups is 2. The normalized spacial score (nSPS) is 13.7. The predicted octanol–water partition coefficient (Wildman–Crippen LogP) is 17.3. The molecule has 0 fully saturated rings. The van der Waals surface area contributed by atoms with Crippen LogP contribution in [0.25, 0.3) is 0 Å². The van der Waals surface area contributed by atoms with Gasteiger partial charge in [-0.1, -0.05) is 248 Å². The Balaban J connectivity index is 4.16. The molecule has 0 bridgehead atoms. The molecule has 0 saturated heterocycles. The van der Waals surface area contributed by atoms with Gasteiger partial charge in [0.1, 0.15) is 19.8 Å². The minimum absolute atomic E-state index is 0.0316. The Morgan fingerprint density at radius 1 is 0.457 bits per heavy atom. The maximum Gasteiger partial charge on any atom is 0.306 e. The summed E-state index contributed by atoms with van der Waals surface area (Å²) in [6.07, 6.45) is 65.4. The molecular weight excluding hydrogens is 894 g/mol. The molecule has 10 heteroatoms. The van der Waals surface area contributed by atoms with Crippen LogP contribution < -0.4 is 4.89 Å². The van der Waals surface area contributed by atoms with Crippen molar-refractivity contribution in [2.45, 2.75) is 264 Å². The second-order valence-corrected chi connectivity index (χ2v) is 22.0. The summed E-state index contributed by atoms with van der Waals surface area (Å²) in [5.41, 5.74) is 0. The summed E-state index contributed by atoms with van der Waals surface area (Å²) in [6, 6.07) is 0. The first-order valence-electron chi connectivity index (χ1n) is 29.0. The standard InChI is InChI=1S/C60H110NO8P/c1-6-8-10-12-14-16-18-20-22-24-26-27-28-29-30-31-32-33-35-37-39-41-43-45-47-49-51-53-60(63)69-58(57-68-70(64,65)67-55-54-61(3,4)5)56-66-59(62)52-50-48-46-44-42-40-38-36-34-25-23-21-19-17-15-13-11-9-7-2/h8,10,14,16,20,22,26-27,29-30,58H,6-7,9,11-13,15,17-19,21,23-25,28,31-57H2,1-5H3/b10-8-,16-14-,22-20-,27-26-,30-29-. The zero-order chi connectivity index (χ0) is 51.3. The Kier molecular flexibility index (Phi) is 49.9. The Morgan fingerprint density at radius 3 is 1.21 bits per heavy atom. The summed E-state index contributed by atoms with van der Waals surface area (Å²) in [6.45, 7) is 4.15. The molecule has 70 heavy (non-hydrogen) atoms. The van der Waals surface area contributed by atoms with Crippen molar-refractivity contribution in [3.63, 3.8) is 0 Å². The molecule has 0 aliphatic rings. The topological polar surface area (TPSA) is 111 Å². The second-order valence-electron chi connectivity index (χ2n) is 20.6. The number of phosphoric acid groups is 1. The molecule has 0 amide bonds. The Hall–Kier alpha value is -2.29. The number of ether oxygens (including phenoxy) is 2. The SMILES string of the molecule is CC/C=C\C/C=C\C/C=C\C/C=C\C/C=C\CCCCCCCCCCCCCC(=O)OC(COC(=O)CCCCCCCCCCCCCCCCCCCCC)COP(=O)([O-])OCC[N+](C)(C)C. The number of nitrogens with zero attached hydrogens (tertiary/aromatic N) is 1. The fraction of sp³-hybridized carbons (Fsp3) is 0.800. The smallest absolute Gasteiger partial charge is 0.306 e. The maximum absolute atomic E-state index is 12.8. The van der Waals surface area contributed by atoms with E-state index in [2.05, 4.69) is 74.6 Å². The molecule has 2 atom stereocenters. The van der Waals surface area contributed by atoms with Crippen LogP contribution in [0.3, 0.4) is 0 Å². The van der Waals surface area contributed by atoms with Crippen molar-refractivity contribution in [2.24, 2.45) is 0 Å². The predicted molar refractivity (Wildman–Crippen MR) is 296 cm³/mol. The van der Waals surface area contributed by atoms with E-state index in [1.165, 1.54) is 148 Å². The van der Waals surface area contributed by atoms with Crippen LogP contribution in [0.4, 0.5) is 0 Å². The number of quaternary nitrogens is 1. The minimum atomic E-state index is -4.64. The highest BCUT2D eigenvalue weighted by Gasteiger charge is 2.22. The lowest BCUT2D eigenvalue weighted by atomic mass is 10.0. The number of likely N-dealkylation sites (N-methyl/N-ethyl adjacent to an activating group) is 1. The number of allylic oxidation sites excluding steroid dienone is 10. The molecule has 2 unspecified atom stereocenters. The molecule has 9 nitrogen and oxygen atoms in total. The molecule has 0 radical (unpaired) electrons. The van der Waals surface area contributed by atoms with Crippen molar-refractivity contribution in [1.29, 1.82) is 0 Å². The second kappa shape index (κ2) is 51.6. The van der Waals surface area contributed by atoms with Gasteiger partial charge >= 0.3 is 11.9 Å². The summed E-state index contributed by atoms with van der Waals surface area (Å²) in [5.74, 6) is -0.828. The van der Waals surface area contributed by atoms with Crippen molar-refractivity contribution in [3.8, 4) is 0 Å². The number of carbonyl (C=O) groups excluding carboxylic acids is 2. The lowest BCUT2D eigenvalue weighted by molar-refractivity contribution is -0.870. The fourth-order valence-corrected chi connectivity index (χ4v) is 8.82. The molecular formula is C60H110NO8P. The quantitative estimate of drug-likeness (QED) is 0.0195. The van der Waals surface area contributed by atoms with E-state index in [-0.39, 0.29) is 32.0 Å². The van der Waals surface area contributed by atoms with Crippen LogP contribution >= 0.6 is 7.82 Å². The van der Waals surface area contributed by atoms with Gasteiger partial charge in [-0.15, -0.1) is 0 Å². The van der Waals surface area contributed by atoms with Crippen LogP contribution in [0.1, 0.15) is 258 Å². The summed E-state index contributed by atoms with van der Waals surface area (Å²) in [7, 11) is 1.17. The van der Waals surface area contributed by atoms with Crippen LogP contribution in [0.15, 0.2) is 60.8 Å². The first-order valence-corrected chi connectivity index (χ1v) is 30.5. The molecule has 0 aliphatic carbocycles. The summed E-state index contributed by atoms with van der Waals surface area (Å²) in [5, 5.41) is 0. The van der Waals surface area contributed by atoms with Gasteiger partial charge in [-0.3, -0.25) is 14.2 Å². The van der Waals surface area contributed by atoms with Gasteiger partial charge in [0.15, 0.2) is 6.10 Å². The molecule has 0 rings (SSSR count). The molecule has 0 aliphatic heterocycles. The highest BCUT2D eigenvalue weighted by Crippen LogP contribution is 2.38. The van der Waals surface area contributed by atoms with E-state index in [0.29, 0.717) is 17.4 Å². The average Bonchev–Trinajstić information content (AvgIpc) is 3.32. The summed E-state index contributed by atoms with van der Waals surface area (Å²) >= 11 is 0. The lowest BCUT2D eigenvalue weighted by Gasteiger charge is -2.28. The Morgan fingerprint density at radius 2 is 0.814 bits per heavy atom. The van der Waals surface area contributed by atoms with Crippen LogP contribution in [0.5, 0.6) is 0 Å². The summed E-state index contributed by atoms with van der Waals surface area (Å²) in [4.78, 5) is 37.9. The first-order chi connectivity index (χ1) is 34.0. The fourth-order valence-electron chi connectivity index (χ4n) is 8.10. The van der Waals surface area contributed by atoms with E-state index in [0.717, 1.165) is 77.0 Å². The van der Waals surface area contributed by atoms with Gasteiger partial charge in [-0.2, -0.15) is 0 Å². The zero-order valence-corrected chi connectivity index (χ0v) is 47.1. The monoisotopic (exact) mass is 1000 g/mol. The number of rotatable bonds is 53. The van der Waals surface area contributed by atoms with Gasteiger partial charge in [0, 0.05) is 12.8 Å². The van der Waals surface area contributed by atoms with Crippen LogP contribution in [-0.4, -0.2) is 70.0 Å². The number of unbranched alkanes of at least 4 members (excludes halogenated alkanes) is 29. The van der Waals surface area contributed by atoms with E-state index < -0.39 is 26.5 Å². The van der Waals surface area contributed by atoms with Crippen LogP contribution in [0.2, 0.25) is 0 Å². The first kappa shape index (κ1) is 67.7. The number of hydrogen-bond donors (Lipinski definition) is 0. The van der Waals surface area contributed by atoms with Gasteiger partial charge < -0.3 is 27.9 Å². The highest BCUT2D eigenvalue weighted by molar-refractivity contribution is 7.45. The third kappa shape index (κ3) is 55.0. The van der Waals surface area contributed by atoms with Crippen molar-refractivity contribution in [2.75, 3.05) is 47.5 Å². The zero-order valence-electron chi connectivity index (χ0n) is 46.2. The van der Waals surface area contributed by atoms with Crippen molar-refractivity contribution >= 4 is 19.8 Å². The molecule has 0 aromatic rings. The van der Waals surface area contributed by atoms with Crippen LogP contribution in [-0.2, 0) is 32.7 Å². The minimum Gasteiger partial charge on any atom is -0.756 e. The molecule has 408 valence electrons. The van der Waals surface area contributed by atoms with Crippen LogP contribution in [0, 0.1) is 0 Å². The number of esters is 2. The highest BCUT2D eigenvalue weighted by atomic mass is 31.2. The van der Waals surface area contributed by atoms with Gasteiger partial charge in [-0.05, 0) is 57.8 Å². The molecule has 0 N–H and O–H groups in total. The van der Waals surface area contributed by atoms with E-state index in [1.54, 1.807) is 0 Å². The van der Waals surface area contributed by atoms with Gasteiger partial charge in [0.2, 0.25) is 0 Å². The molecule has 0 aromatic carbocycles. The van der Waals surface area contributed by atoms with Crippen molar-refractivity contribution < 1.29 is 42.1 Å². The molecule has 0 aromatic heterocycles. The molecule has 0 heterocycles. The average molecular weight is 1000 g/mol. The maximum atomic E-state index is 12.8. The Labute approximate surface area is 432 Å². The Bertz CT molecular complexity index is 1370. The molecule has 0 saturated carbocycles. The third-order valence-electron chi connectivity index (χ3n) is 12.6. The number of hydrogen-bond acceptors (Lipinski definition) is 8. The van der Waals surface area contributed by atoms with E-state index in [4.69, 9.17) is 18.5 Å². The lowest BCUT2D eigenvalue weighted by Crippen LogP contribution is -2.37.